The van der Waals surface area contributed by atoms with Gasteiger partial charge >= 0.3 is 5.97 Å². The van der Waals surface area contributed by atoms with Crippen LogP contribution < -0.4 is 10.1 Å². The maximum atomic E-state index is 12.8. The van der Waals surface area contributed by atoms with Crippen molar-refractivity contribution in [3.63, 3.8) is 0 Å². The van der Waals surface area contributed by atoms with Gasteiger partial charge in [-0.3, -0.25) is 9.59 Å². The van der Waals surface area contributed by atoms with Crippen molar-refractivity contribution in [1.29, 1.82) is 0 Å². The van der Waals surface area contributed by atoms with E-state index in [1.807, 2.05) is 26.0 Å². The Balaban J connectivity index is 2.29. The van der Waals surface area contributed by atoms with E-state index >= 15 is 0 Å². The molecule has 160 valence electrons. The third-order valence-electron chi connectivity index (χ3n) is 4.56. The van der Waals surface area contributed by atoms with Gasteiger partial charge in [-0.15, -0.1) is 11.3 Å². The molecule has 1 N–H and O–H groups in total. The normalized spacial score (nSPS) is 10.7. The molecule has 1 heterocycles. The number of benzene rings is 1. The Morgan fingerprint density at radius 2 is 1.73 bits per heavy atom. The van der Waals surface area contributed by atoms with Crippen molar-refractivity contribution in [2.75, 3.05) is 32.6 Å². The van der Waals surface area contributed by atoms with Crippen LogP contribution in [0.4, 0.5) is 5.00 Å². The Labute approximate surface area is 180 Å². The van der Waals surface area contributed by atoms with Crippen molar-refractivity contribution < 1.29 is 23.9 Å². The summed E-state index contributed by atoms with van der Waals surface area (Å²) in [4.78, 5) is 39.6. The number of amides is 2. The van der Waals surface area contributed by atoms with E-state index in [1.54, 1.807) is 37.1 Å². The highest BCUT2D eigenvalue weighted by atomic mass is 32.1. The van der Waals surface area contributed by atoms with Gasteiger partial charge in [0.05, 0.1) is 24.7 Å². The minimum atomic E-state index is -0.600. The third kappa shape index (κ3) is 5.27. The van der Waals surface area contributed by atoms with Gasteiger partial charge in [-0.1, -0.05) is 12.1 Å². The molecule has 0 atom stereocenters. The number of hydrogen-bond donors (Lipinski definition) is 1. The molecule has 2 rings (SSSR count). The van der Waals surface area contributed by atoms with Gasteiger partial charge in [0.2, 0.25) is 5.91 Å². The van der Waals surface area contributed by atoms with Crippen LogP contribution in [0.2, 0.25) is 0 Å². The molecule has 0 aliphatic carbocycles. The van der Waals surface area contributed by atoms with E-state index in [0.29, 0.717) is 28.5 Å². The fourth-order valence-corrected chi connectivity index (χ4v) is 4.01. The molecule has 0 fully saturated rings. The van der Waals surface area contributed by atoms with E-state index in [2.05, 4.69) is 5.32 Å². The Kier molecular flexibility index (Phi) is 8.17. The van der Waals surface area contributed by atoms with Gasteiger partial charge < -0.3 is 19.7 Å². The predicted molar refractivity (Wildman–Crippen MR) is 118 cm³/mol. The van der Waals surface area contributed by atoms with E-state index in [1.165, 1.54) is 13.2 Å². The predicted octanol–water partition coefficient (Wildman–Crippen LogP) is 3.99. The number of carbonyl (C=O) groups is 3. The highest BCUT2D eigenvalue weighted by Gasteiger charge is 2.27. The first-order chi connectivity index (χ1) is 14.4. The lowest BCUT2D eigenvalue weighted by atomic mass is 10.1. The zero-order valence-corrected chi connectivity index (χ0v) is 18.6. The number of anilines is 1. The summed E-state index contributed by atoms with van der Waals surface area (Å²) in [5.74, 6) is -0.475. The highest BCUT2D eigenvalue weighted by Crippen LogP contribution is 2.34. The molecule has 0 spiro atoms. The minimum absolute atomic E-state index is 0.179. The number of esters is 1. The van der Waals surface area contributed by atoms with Gasteiger partial charge in [-0.25, -0.2) is 4.79 Å². The Morgan fingerprint density at radius 1 is 1.10 bits per heavy atom. The molecule has 8 heteroatoms. The minimum Gasteiger partial charge on any atom is -0.497 e. The molecule has 0 saturated carbocycles. The van der Waals surface area contributed by atoms with Crippen molar-refractivity contribution >= 4 is 40.2 Å². The number of rotatable bonds is 8. The van der Waals surface area contributed by atoms with Crippen LogP contribution in [0.1, 0.15) is 45.0 Å². The van der Waals surface area contributed by atoms with E-state index in [-0.39, 0.29) is 11.5 Å². The van der Waals surface area contributed by atoms with E-state index in [9.17, 15) is 14.4 Å². The van der Waals surface area contributed by atoms with Gasteiger partial charge in [0, 0.05) is 19.2 Å². The van der Waals surface area contributed by atoms with Crippen LogP contribution >= 0.6 is 11.3 Å². The van der Waals surface area contributed by atoms with Crippen LogP contribution in [0, 0.1) is 6.92 Å². The maximum Gasteiger partial charge on any atom is 0.341 e. The summed E-state index contributed by atoms with van der Waals surface area (Å²) in [5, 5.41) is 3.00. The summed E-state index contributed by atoms with van der Waals surface area (Å²) in [7, 11) is 2.85. The van der Waals surface area contributed by atoms with Crippen LogP contribution in [-0.2, 0) is 9.53 Å². The first-order valence-corrected chi connectivity index (χ1v) is 10.3. The SMILES string of the molecule is CCN(CC)C(=O)c1sc(NC(=O)/C=C/c2ccc(OC)cc2)c(C(=O)OC)c1C. The van der Waals surface area contributed by atoms with Gasteiger partial charge in [-0.2, -0.15) is 0 Å². The van der Waals surface area contributed by atoms with Gasteiger partial charge in [-0.05, 0) is 50.1 Å². The van der Waals surface area contributed by atoms with E-state index in [0.717, 1.165) is 22.6 Å². The molecule has 30 heavy (non-hydrogen) atoms. The summed E-state index contributed by atoms with van der Waals surface area (Å²) in [5.41, 5.74) is 1.52. The molecule has 7 nitrogen and oxygen atoms in total. The van der Waals surface area contributed by atoms with E-state index in [4.69, 9.17) is 9.47 Å². The smallest absolute Gasteiger partial charge is 0.341 e. The number of nitrogens with zero attached hydrogens (tertiary/aromatic N) is 1. The Bertz CT molecular complexity index is 943. The summed E-state index contributed by atoms with van der Waals surface area (Å²) < 4.78 is 9.97. The lowest BCUT2D eigenvalue weighted by molar-refractivity contribution is -0.111. The molecule has 2 amide bonds. The van der Waals surface area contributed by atoms with Crippen LogP contribution in [0.25, 0.3) is 6.08 Å². The fourth-order valence-electron chi connectivity index (χ4n) is 2.85. The molecule has 1 aromatic heterocycles. The zero-order valence-electron chi connectivity index (χ0n) is 17.8. The van der Waals surface area contributed by atoms with Crippen molar-refractivity contribution in [3.05, 3.63) is 51.9 Å². The average Bonchev–Trinajstić information content (AvgIpc) is 3.08. The Morgan fingerprint density at radius 3 is 2.27 bits per heavy atom. The second kappa shape index (κ2) is 10.6. The fraction of sp³-hybridized carbons (Fsp3) is 0.318. The van der Waals surface area contributed by atoms with Crippen molar-refractivity contribution in [3.8, 4) is 5.75 Å². The summed E-state index contributed by atoms with van der Waals surface area (Å²) in [6.07, 6.45) is 3.01. The molecular weight excluding hydrogens is 404 g/mol. The second-order valence-corrected chi connectivity index (χ2v) is 7.35. The molecule has 0 unspecified atom stereocenters. The Hall–Kier alpha value is -3.13. The number of carbonyl (C=O) groups excluding carboxylic acids is 3. The monoisotopic (exact) mass is 430 g/mol. The zero-order chi connectivity index (χ0) is 22.3. The molecule has 0 aliphatic heterocycles. The van der Waals surface area contributed by atoms with E-state index < -0.39 is 11.9 Å². The number of methoxy groups -OCH3 is 2. The molecule has 1 aromatic carbocycles. The molecular formula is C22H26N2O5S. The van der Waals surface area contributed by atoms with Crippen LogP contribution in [0.15, 0.2) is 30.3 Å². The van der Waals surface area contributed by atoms with Crippen molar-refractivity contribution in [2.24, 2.45) is 0 Å². The number of thiophene rings is 1. The van der Waals surface area contributed by atoms with Gasteiger partial charge in [0.25, 0.3) is 5.91 Å². The summed E-state index contributed by atoms with van der Waals surface area (Å²) in [6, 6.07) is 7.22. The maximum absolute atomic E-state index is 12.8. The first kappa shape index (κ1) is 23.2. The van der Waals surface area contributed by atoms with Crippen molar-refractivity contribution in [1.82, 2.24) is 4.90 Å². The average molecular weight is 431 g/mol. The lowest BCUT2D eigenvalue weighted by Crippen LogP contribution is -2.30. The van der Waals surface area contributed by atoms with Gasteiger partial charge in [0.15, 0.2) is 0 Å². The molecule has 0 bridgehead atoms. The molecule has 0 saturated heterocycles. The third-order valence-corrected chi connectivity index (χ3v) is 5.76. The van der Waals surface area contributed by atoms with Crippen molar-refractivity contribution in [2.45, 2.75) is 20.8 Å². The van der Waals surface area contributed by atoms with Crippen LogP contribution in [0.3, 0.4) is 0 Å². The molecule has 0 aliphatic rings. The number of hydrogen-bond acceptors (Lipinski definition) is 6. The summed E-state index contributed by atoms with van der Waals surface area (Å²) >= 11 is 1.08. The molecule has 2 aromatic rings. The topological polar surface area (TPSA) is 84.9 Å². The highest BCUT2D eigenvalue weighted by molar-refractivity contribution is 7.18. The number of nitrogens with one attached hydrogen (secondary N) is 1. The second-order valence-electron chi connectivity index (χ2n) is 6.33. The first-order valence-electron chi connectivity index (χ1n) is 9.50. The van der Waals surface area contributed by atoms with Crippen LogP contribution in [-0.4, -0.2) is 50.0 Å². The lowest BCUT2D eigenvalue weighted by Gasteiger charge is -2.17. The summed E-state index contributed by atoms with van der Waals surface area (Å²) in [6.45, 7) is 6.55. The standard InChI is InChI=1S/C22H26N2O5S/c1-6-24(7-2)21(26)19-14(3)18(22(27)29-5)20(30-19)23-17(25)13-10-15-8-11-16(28-4)12-9-15/h8-13H,6-7H2,1-5H3,(H,23,25)/b13-10+. The molecule has 0 radical (unpaired) electrons. The quantitative estimate of drug-likeness (QED) is 0.506. The largest absolute Gasteiger partial charge is 0.497 e. The van der Waals surface area contributed by atoms with Gasteiger partial charge in [0.1, 0.15) is 10.8 Å². The van der Waals surface area contributed by atoms with Crippen LogP contribution in [0.5, 0.6) is 5.75 Å². The number of ether oxygens (including phenoxy) is 2.